The van der Waals surface area contributed by atoms with Crippen LogP contribution in [0.2, 0.25) is 0 Å². The maximum Gasteiger partial charge on any atom is 0.256 e. The molecule has 0 spiro atoms. The van der Waals surface area contributed by atoms with Gasteiger partial charge in [0.15, 0.2) is 5.16 Å². The fraction of sp³-hybridized carbons (Fsp3) is 0.389. The highest BCUT2D eigenvalue weighted by Crippen LogP contribution is 2.24. The molecule has 2 heterocycles. The van der Waals surface area contributed by atoms with E-state index < -0.39 is 5.41 Å². The summed E-state index contributed by atoms with van der Waals surface area (Å²) in [5.74, 6) is 0.626. The highest BCUT2D eigenvalue weighted by Gasteiger charge is 2.22. The molecular weight excluding hydrogens is 348 g/mol. The predicted octanol–water partition coefficient (Wildman–Crippen LogP) is 3.28. The second-order valence-electron chi connectivity index (χ2n) is 6.52. The van der Waals surface area contributed by atoms with Crippen LogP contribution in [0.1, 0.15) is 43.7 Å². The lowest BCUT2D eigenvalue weighted by Gasteiger charge is -2.17. The van der Waals surface area contributed by atoms with E-state index in [2.05, 4.69) is 31.7 Å². The number of anilines is 2. The second-order valence-corrected chi connectivity index (χ2v) is 7.29. The summed E-state index contributed by atoms with van der Waals surface area (Å²) in [7, 11) is 0. The minimum Gasteiger partial charge on any atom is -0.350 e. The van der Waals surface area contributed by atoms with E-state index in [9.17, 15) is 10.1 Å². The standard InChI is InChI=1S/C18H22N6OS/c1-11(2)21-16(25)12-9-20-17(26-5)24-15(12)23-14-8-6-7-13(22-14)18(3,4)10-19/h6-9,11H,1-5H3,(H,21,25)(H,20,22,23,24). The molecule has 0 aliphatic carbocycles. The first-order valence-corrected chi connectivity index (χ1v) is 9.37. The summed E-state index contributed by atoms with van der Waals surface area (Å²) in [6, 6.07) is 7.61. The van der Waals surface area contributed by atoms with Crippen LogP contribution in [0.3, 0.4) is 0 Å². The molecule has 0 aliphatic rings. The minimum atomic E-state index is -0.717. The summed E-state index contributed by atoms with van der Waals surface area (Å²) in [6.07, 6.45) is 3.36. The lowest BCUT2D eigenvalue weighted by atomic mass is 9.91. The maximum absolute atomic E-state index is 12.4. The third kappa shape index (κ3) is 4.70. The molecule has 0 fully saturated rings. The first-order chi connectivity index (χ1) is 12.3. The Morgan fingerprint density at radius 3 is 2.65 bits per heavy atom. The quantitative estimate of drug-likeness (QED) is 0.594. The van der Waals surface area contributed by atoms with Gasteiger partial charge >= 0.3 is 0 Å². The van der Waals surface area contributed by atoms with Crippen molar-refractivity contribution < 1.29 is 4.79 Å². The predicted molar refractivity (Wildman–Crippen MR) is 103 cm³/mol. The number of pyridine rings is 1. The summed E-state index contributed by atoms with van der Waals surface area (Å²) in [4.78, 5) is 25.5. The van der Waals surface area contributed by atoms with Crippen molar-refractivity contribution in [1.82, 2.24) is 20.3 Å². The number of nitrogens with zero attached hydrogens (tertiary/aromatic N) is 4. The van der Waals surface area contributed by atoms with E-state index in [-0.39, 0.29) is 11.9 Å². The smallest absolute Gasteiger partial charge is 0.256 e. The maximum atomic E-state index is 12.4. The monoisotopic (exact) mass is 370 g/mol. The minimum absolute atomic E-state index is 0.00606. The van der Waals surface area contributed by atoms with E-state index in [0.29, 0.717) is 28.0 Å². The van der Waals surface area contributed by atoms with Crippen molar-refractivity contribution in [2.24, 2.45) is 0 Å². The number of aromatic nitrogens is 3. The first-order valence-electron chi connectivity index (χ1n) is 8.14. The zero-order valence-corrected chi connectivity index (χ0v) is 16.3. The number of carbonyl (C=O) groups is 1. The molecule has 136 valence electrons. The molecule has 2 aromatic rings. The molecule has 2 aromatic heterocycles. The molecule has 0 aliphatic heterocycles. The average molecular weight is 370 g/mol. The van der Waals surface area contributed by atoms with Crippen molar-refractivity contribution in [2.75, 3.05) is 11.6 Å². The van der Waals surface area contributed by atoms with Crippen LogP contribution >= 0.6 is 11.8 Å². The largest absolute Gasteiger partial charge is 0.350 e. The molecule has 0 bridgehead atoms. The van der Waals surface area contributed by atoms with E-state index in [1.165, 1.54) is 18.0 Å². The normalized spacial score (nSPS) is 11.1. The van der Waals surface area contributed by atoms with Crippen LogP contribution in [0.25, 0.3) is 0 Å². The number of amides is 1. The van der Waals surface area contributed by atoms with Crippen LogP contribution < -0.4 is 10.6 Å². The van der Waals surface area contributed by atoms with Crippen molar-refractivity contribution >= 4 is 29.3 Å². The number of thioether (sulfide) groups is 1. The summed E-state index contributed by atoms with van der Waals surface area (Å²) >= 11 is 1.38. The highest BCUT2D eigenvalue weighted by molar-refractivity contribution is 7.98. The Morgan fingerprint density at radius 1 is 1.31 bits per heavy atom. The fourth-order valence-corrected chi connectivity index (χ4v) is 2.44. The number of nitrogens with one attached hydrogen (secondary N) is 2. The number of hydrogen-bond donors (Lipinski definition) is 2. The number of hydrogen-bond acceptors (Lipinski definition) is 7. The molecule has 0 saturated heterocycles. The molecule has 2 N–H and O–H groups in total. The second kappa shape index (κ2) is 8.15. The molecule has 0 aromatic carbocycles. The summed E-state index contributed by atoms with van der Waals surface area (Å²) in [6.45, 7) is 7.38. The fourth-order valence-electron chi connectivity index (χ4n) is 2.10. The van der Waals surface area contributed by atoms with Crippen LogP contribution in [0.5, 0.6) is 0 Å². The summed E-state index contributed by atoms with van der Waals surface area (Å²) in [5.41, 5.74) is 0.256. The molecule has 8 heteroatoms. The van der Waals surface area contributed by atoms with Gasteiger partial charge in [0.25, 0.3) is 5.91 Å². The zero-order valence-electron chi connectivity index (χ0n) is 15.5. The first kappa shape index (κ1) is 19.7. The van der Waals surface area contributed by atoms with Crippen molar-refractivity contribution in [2.45, 2.75) is 44.3 Å². The van der Waals surface area contributed by atoms with Gasteiger partial charge in [-0.25, -0.2) is 15.0 Å². The highest BCUT2D eigenvalue weighted by atomic mass is 32.2. The molecular formula is C18H22N6OS. The Morgan fingerprint density at radius 2 is 2.04 bits per heavy atom. The molecule has 26 heavy (non-hydrogen) atoms. The number of nitriles is 1. The van der Waals surface area contributed by atoms with E-state index >= 15 is 0 Å². The molecule has 0 radical (unpaired) electrons. The van der Waals surface area contributed by atoms with Gasteiger partial charge in [-0.2, -0.15) is 5.26 Å². The lowest BCUT2D eigenvalue weighted by molar-refractivity contribution is 0.0943. The van der Waals surface area contributed by atoms with E-state index in [4.69, 9.17) is 0 Å². The van der Waals surface area contributed by atoms with Gasteiger partial charge in [0.05, 0.1) is 17.2 Å². The molecule has 0 saturated carbocycles. The van der Waals surface area contributed by atoms with Gasteiger partial charge in [0.1, 0.15) is 17.2 Å². The van der Waals surface area contributed by atoms with E-state index in [0.717, 1.165) is 0 Å². The molecule has 0 atom stereocenters. The molecule has 0 unspecified atom stereocenters. The summed E-state index contributed by atoms with van der Waals surface area (Å²) in [5, 5.41) is 15.8. The van der Waals surface area contributed by atoms with Crippen molar-refractivity contribution in [1.29, 1.82) is 5.26 Å². The van der Waals surface area contributed by atoms with Crippen LogP contribution in [0.4, 0.5) is 11.6 Å². The number of rotatable bonds is 6. The Kier molecular flexibility index (Phi) is 6.16. The van der Waals surface area contributed by atoms with Gasteiger partial charge < -0.3 is 10.6 Å². The van der Waals surface area contributed by atoms with Gasteiger partial charge in [-0.1, -0.05) is 17.8 Å². The van der Waals surface area contributed by atoms with Gasteiger partial charge in [-0.15, -0.1) is 0 Å². The van der Waals surface area contributed by atoms with E-state index in [1.807, 2.05) is 26.2 Å². The lowest BCUT2D eigenvalue weighted by Crippen LogP contribution is -2.31. The molecule has 7 nitrogen and oxygen atoms in total. The van der Waals surface area contributed by atoms with Gasteiger partial charge in [-0.05, 0) is 46.1 Å². The van der Waals surface area contributed by atoms with E-state index in [1.54, 1.807) is 26.0 Å². The Hall–Kier alpha value is -2.66. The van der Waals surface area contributed by atoms with Gasteiger partial charge in [0.2, 0.25) is 0 Å². The average Bonchev–Trinajstić information content (AvgIpc) is 2.61. The summed E-state index contributed by atoms with van der Waals surface area (Å²) < 4.78 is 0. The van der Waals surface area contributed by atoms with Crippen LogP contribution in [-0.2, 0) is 5.41 Å². The molecule has 2 rings (SSSR count). The molecule has 1 amide bonds. The van der Waals surface area contributed by atoms with Crippen molar-refractivity contribution in [3.05, 3.63) is 35.7 Å². The Balaban J connectivity index is 2.41. The topological polar surface area (TPSA) is 104 Å². The zero-order chi connectivity index (χ0) is 19.3. The Bertz CT molecular complexity index is 844. The third-order valence-electron chi connectivity index (χ3n) is 3.53. The van der Waals surface area contributed by atoms with Crippen molar-refractivity contribution in [3.8, 4) is 6.07 Å². The van der Waals surface area contributed by atoms with Crippen LogP contribution in [0, 0.1) is 11.3 Å². The Labute approximate surface area is 157 Å². The third-order valence-corrected chi connectivity index (χ3v) is 4.09. The van der Waals surface area contributed by atoms with Crippen molar-refractivity contribution in [3.63, 3.8) is 0 Å². The van der Waals surface area contributed by atoms with Gasteiger partial charge in [-0.3, -0.25) is 4.79 Å². The number of carbonyl (C=O) groups excluding carboxylic acids is 1. The van der Waals surface area contributed by atoms with Crippen LogP contribution in [-0.4, -0.2) is 33.2 Å². The van der Waals surface area contributed by atoms with Gasteiger partial charge in [0, 0.05) is 12.2 Å². The SMILES string of the molecule is CSc1ncc(C(=O)NC(C)C)c(Nc2cccc(C(C)(C)C#N)n2)n1. The van der Waals surface area contributed by atoms with Crippen LogP contribution in [0.15, 0.2) is 29.6 Å².